The lowest BCUT2D eigenvalue weighted by atomic mass is 10.0. The minimum absolute atomic E-state index is 0.228. The van der Waals surface area contributed by atoms with Crippen LogP contribution in [0.3, 0.4) is 0 Å². The Labute approximate surface area is 76.5 Å². The van der Waals surface area contributed by atoms with E-state index in [9.17, 15) is 0 Å². The van der Waals surface area contributed by atoms with Crippen LogP contribution < -0.4 is 0 Å². The van der Waals surface area contributed by atoms with Gasteiger partial charge in [-0.2, -0.15) is 12.6 Å². The maximum atomic E-state index is 4.56. The van der Waals surface area contributed by atoms with Crippen molar-refractivity contribution < 1.29 is 0 Å². The van der Waals surface area contributed by atoms with Gasteiger partial charge in [0.05, 0.1) is 0 Å². The third-order valence-electron chi connectivity index (χ3n) is 2.00. The zero-order chi connectivity index (χ0) is 8.91. The Hall–Kier alpha value is 0.0900. The summed E-state index contributed by atoms with van der Waals surface area (Å²) < 4.78 is 0.228. The quantitative estimate of drug-likeness (QED) is 0.483. The summed E-state index contributed by atoms with van der Waals surface area (Å²) in [6, 6.07) is 0. The third-order valence-corrected chi connectivity index (χ3v) is 2.54. The summed E-state index contributed by atoms with van der Waals surface area (Å²) in [7, 11) is 0. The van der Waals surface area contributed by atoms with E-state index in [1.54, 1.807) is 0 Å². The first-order chi connectivity index (χ1) is 4.98. The Kier molecular flexibility index (Phi) is 4.91. The molecule has 66 valence electrons. The molecule has 0 saturated carbocycles. The molecule has 1 heteroatoms. The van der Waals surface area contributed by atoms with Crippen molar-refractivity contribution in [1.82, 2.24) is 0 Å². The van der Waals surface area contributed by atoms with Gasteiger partial charge in [-0.25, -0.2) is 0 Å². The zero-order valence-electron chi connectivity index (χ0n) is 8.15. The first kappa shape index (κ1) is 11.1. The van der Waals surface area contributed by atoms with Gasteiger partial charge in [0.1, 0.15) is 0 Å². The molecule has 0 nitrogen and oxygen atoms in total. The number of allylic oxidation sites excluding steroid dienone is 2. The maximum Gasteiger partial charge on any atom is 0.0102 e. The Morgan fingerprint density at radius 1 is 1.45 bits per heavy atom. The highest BCUT2D eigenvalue weighted by atomic mass is 32.1. The van der Waals surface area contributed by atoms with Crippen molar-refractivity contribution in [2.75, 3.05) is 0 Å². The average Bonchev–Trinajstić information content (AvgIpc) is 1.87. The van der Waals surface area contributed by atoms with Crippen molar-refractivity contribution >= 4 is 12.6 Å². The van der Waals surface area contributed by atoms with Crippen LogP contribution in [0.5, 0.6) is 0 Å². The van der Waals surface area contributed by atoms with Gasteiger partial charge in [0.2, 0.25) is 0 Å². The summed E-state index contributed by atoms with van der Waals surface area (Å²) in [5.41, 5.74) is 1.41. The number of hydrogen-bond donors (Lipinski definition) is 1. The molecular formula is C10H20S. The number of hydrogen-bond acceptors (Lipinski definition) is 1. The molecule has 11 heavy (non-hydrogen) atoms. The standard InChI is InChI=1S/C10H20S/c1-5-10(4,11)8-6-7-9(2)3/h7,11H,5-6,8H2,1-4H3. The third kappa shape index (κ3) is 6.49. The molecule has 0 aromatic heterocycles. The van der Waals surface area contributed by atoms with E-state index in [4.69, 9.17) is 0 Å². The molecule has 0 amide bonds. The van der Waals surface area contributed by atoms with Crippen molar-refractivity contribution in [2.45, 2.75) is 51.7 Å². The predicted molar refractivity (Wildman–Crippen MR) is 56.3 cm³/mol. The van der Waals surface area contributed by atoms with Gasteiger partial charge < -0.3 is 0 Å². The molecule has 0 heterocycles. The van der Waals surface area contributed by atoms with Gasteiger partial charge >= 0.3 is 0 Å². The molecule has 0 aromatic rings. The topological polar surface area (TPSA) is 0 Å². The summed E-state index contributed by atoms with van der Waals surface area (Å²) in [6.07, 6.45) is 5.77. The molecule has 0 aliphatic heterocycles. The van der Waals surface area contributed by atoms with Crippen LogP contribution >= 0.6 is 12.6 Å². The Balaban J connectivity index is 3.62. The van der Waals surface area contributed by atoms with Crippen molar-refractivity contribution in [3.63, 3.8) is 0 Å². The SMILES string of the molecule is CCC(C)(S)CCC=C(C)C. The largest absolute Gasteiger partial charge is 0.173 e. The van der Waals surface area contributed by atoms with Crippen LogP contribution in [0.25, 0.3) is 0 Å². The van der Waals surface area contributed by atoms with Crippen LogP contribution in [0.4, 0.5) is 0 Å². The molecule has 0 N–H and O–H groups in total. The van der Waals surface area contributed by atoms with E-state index < -0.39 is 0 Å². The molecule has 0 aliphatic rings. The van der Waals surface area contributed by atoms with Crippen LogP contribution in [0.2, 0.25) is 0 Å². The number of thiol groups is 1. The van der Waals surface area contributed by atoms with Crippen molar-refractivity contribution in [3.05, 3.63) is 11.6 Å². The molecule has 0 aromatic carbocycles. The van der Waals surface area contributed by atoms with Crippen LogP contribution in [0.15, 0.2) is 11.6 Å². The van der Waals surface area contributed by atoms with Gasteiger partial charge in [0.25, 0.3) is 0 Å². The van der Waals surface area contributed by atoms with Crippen LogP contribution in [-0.2, 0) is 0 Å². The highest BCUT2D eigenvalue weighted by Gasteiger charge is 2.14. The highest BCUT2D eigenvalue weighted by Crippen LogP contribution is 2.24. The van der Waals surface area contributed by atoms with Gasteiger partial charge in [0, 0.05) is 4.75 Å². The van der Waals surface area contributed by atoms with E-state index in [-0.39, 0.29) is 4.75 Å². The van der Waals surface area contributed by atoms with Crippen molar-refractivity contribution in [3.8, 4) is 0 Å². The highest BCUT2D eigenvalue weighted by molar-refractivity contribution is 7.81. The van der Waals surface area contributed by atoms with Gasteiger partial charge in [0.15, 0.2) is 0 Å². The molecule has 0 rings (SSSR count). The normalized spacial score (nSPS) is 15.7. The second-order valence-electron chi connectivity index (χ2n) is 3.67. The smallest absolute Gasteiger partial charge is 0.0102 e. The van der Waals surface area contributed by atoms with Crippen molar-refractivity contribution in [1.29, 1.82) is 0 Å². The molecule has 1 unspecified atom stereocenters. The summed E-state index contributed by atoms with van der Waals surface area (Å²) in [5.74, 6) is 0. The number of rotatable bonds is 4. The molecule has 0 bridgehead atoms. The second-order valence-corrected chi connectivity index (χ2v) is 4.75. The van der Waals surface area contributed by atoms with Crippen molar-refractivity contribution in [2.24, 2.45) is 0 Å². The minimum Gasteiger partial charge on any atom is -0.173 e. The van der Waals surface area contributed by atoms with E-state index in [1.807, 2.05) is 0 Å². The van der Waals surface area contributed by atoms with E-state index in [0.29, 0.717) is 0 Å². The molecular weight excluding hydrogens is 152 g/mol. The van der Waals surface area contributed by atoms with Gasteiger partial charge in [-0.3, -0.25) is 0 Å². The fraction of sp³-hybridized carbons (Fsp3) is 0.800. The van der Waals surface area contributed by atoms with E-state index >= 15 is 0 Å². The molecule has 0 spiro atoms. The van der Waals surface area contributed by atoms with Crippen LogP contribution in [0, 0.1) is 0 Å². The zero-order valence-corrected chi connectivity index (χ0v) is 9.04. The molecule has 0 radical (unpaired) electrons. The lowest BCUT2D eigenvalue weighted by molar-refractivity contribution is 0.579. The fourth-order valence-corrected chi connectivity index (χ4v) is 0.978. The first-order valence-electron chi connectivity index (χ1n) is 4.33. The lowest BCUT2D eigenvalue weighted by Gasteiger charge is -2.20. The van der Waals surface area contributed by atoms with Gasteiger partial charge in [-0.05, 0) is 33.1 Å². The Morgan fingerprint density at radius 3 is 2.36 bits per heavy atom. The summed E-state index contributed by atoms with van der Waals surface area (Å²) in [6.45, 7) is 8.67. The molecule has 0 aliphatic carbocycles. The fourth-order valence-electron chi connectivity index (χ4n) is 0.849. The second kappa shape index (κ2) is 4.87. The maximum absolute atomic E-state index is 4.56. The van der Waals surface area contributed by atoms with Crippen LogP contribution in [0.1, 0.15) is 47.0 Å². The minimum atomic E-state index is 0.228. The monoisotopic (exact) mass is 172 g/mol. The van der Waals surface area contributed by atoms with Gasteiger partial charge in [-0.1, -0.05) is 25.5 Å². The molecule has 1 atom stereocenters. The first-order valence-corrected chi connectivity index (χ1v) is 4.78. The Bertz CT molecular complexity index is 130. The molecule has 0 fully saturated rings. The van der Waals surface area contributed by atoms with Crippen LogP contribution in [-0.4, -0.2) is 4.75 Å². The predicted octanol–water partition coefficient (Wildman–Crippen LogP) is 3.83. The average molecular weight is 172 g/mol. The summed E-state index contributed by atoms with van der Waals surface area (Å²) in [4.78, 5) is 0. The Morgan fingerprint density at radius 2 is 2.00 bits per heavy atom. The van der Waals surface area contributed by atoms with E-state index in [2.05, 4.69) is 46.4 Å². The molecule has 0 saturated heterocycles. The van der Waals surface area contributed by atoms with Gasteiger partial charge in [-0.15, -0.1) is 0 Å². The summed E-state index contributed by atoms with van der Waals surface area (Å²) in [5, 5.41) is 0. The summed E-state index contributed by atoms with van der Waals surface area (Å²) >= 11 is 4.56. The van der Waals surface area contributed by atoms with E-state index in [1.165, 1.54) is 12.0 Å². The lowest BCUT2D eigenvalue weighted by Crippen LogP contribution is -2.13. The van der Waals surface area contributed by atoms with E-state index in [0.717, 1.165) is 12.8 Å².